The third kappa shape index (κ3) is 8.08. The zero-order chi connectivity index (χ0) is 24.3. The molecule has 7 nitrogen and oxygen atoms in total. The second kappa shape index (κ2) is 13.4. The molecule has 2 aliphatic rings. The van der Waals surface area contributed by atoms with Crippen LogP contribution < -0.4 is 10.1 Å². The van der Waals surface area contributed by atoms with Crippen LogP contribution in [-0.4, -0.2) is 67.1 Å². The van der Waals surface area contributed by atoms with Gasteiger partial charge in [-0.25, -0.2) is 4.39 Å². The fourth-order valence-electron chi connectivity index (χ4n) is 5.04. The quantitative estimate of drug-likeness (QED) is 0.480. The summed E-state index contributed by atoms with van der Waals surface area (Å²) in [7, 11) is 0. The molecule has 0 aromatic heterocycles. The maximum absolute atomic E-state index is 13.1. The van der Waals surface area contributed by atoms with E-state index in [1.165, 1.54) is 0 Å². The Morgan fingerprint density at radius 3 is 2.53 bits per heavy atom. The number of halogens is 1. The molecule has 8 heteroatoms. The van der Waals surface area contributed by atoms with Gasteiger partial charge in [0.15, 0.2) is 0 Å². The number of aliphatic carboxylic acids is 1. The molecule has 1 aromatic rings. The number of amides is 1. The number of alkyl halides is 1. The van der Waals surface area contributed by atoms with Crippen LogP contribution in [0.3, 0.4) is 0 Å². The van der Waals surface area contributed by atoms with Gasteiger partial charge in [-0.05, 0) is 68.8 Å². The van der Waals surface area contributed by atoms with Crippen molar-refractivity contribution < 1.29 is 28.6 Å². The van der Waals surface area contributed by atoms with Crippen molar-refractivity contribution in [3.05, 3.63) is 29.8 Å². The van der Waals surface area contributed by atoms with Crippen molar-refractivity contribution in [1.29, 1.82) is 0 Å². The highest BCUT2D eigenvalue weighted by atomic mass is 18.2. The Labute approximate surface area is 201 Å². The number of piperidine rings is 2. The van der Waals surface area contributed by atoms with Gasteiger partial charge in [0.2, 0.25) is 5.91 Å². The predicted molar refractivity (Wildman–Crippen MR) is 127 cm³/mol. The smallest absolute Gasteiger partial charge is 0.303 e. The van der Waals surface area contributed by atoms with Crippen LogP contribution in [0.4, 0.5) is 4.39 Å². The SMILES string of the molecule is O=C(O)C[C@H](CC(=O)[C@@H]1CCCN(C(=O)CCC2CCNCC2)C1)c1ccc(OCC[18F])cc1. The molecule has 0 bridgehead atoms. The molecule has 0 aliphatic carbocycles. The molecular formula is C26H37FN2O5. The van der Waals surface area contributed by atoms with E-state index in [9.17, 15) is 23.9 Å². The lowest BCUT2D eigenvalue weighted by atomic mass is 9.84. The van der Waals surface area contributed by atoms with E-state index >= 15 is 0 Å². The molecule has 3 rings (SSSR count). The van der Waals surface area contributed by atoms with Crippen LogP contribution in [0.1, 0.15) is 62.8 Å². The summed E-state index contributed by atoms with van der Waals surface area (Å²) in [5, 5.41) is 12.7. The minimum atomic E-state index is -0.964. The lowest BCUT2D eigenvalue weighted by molar-refractivity contribution is -0.137. The first-order chi connectivity index (χ1) is 16.5. The second-order valence-corrected chi connectivity index (χ2v) is 9.48. The third-order valence-corrected chi connectivity index (χ3v) is 7.02. The van der Waals surface area contributed by atoms with Gasteiger partial charge in [0.1, 0.15) is 24.8 Å². The van der Waals surface area contributed by atoms with E-state index in [1.807, 2.05) is 4.90 Å². The zero-order valence-corrected chi connectivity index (χ0v) is 19.8. The zero-order valence-electron chi connectivity index (χ0n) is 19.8. The first kappa shape index (κ1) is 26.1. The second-order valence-electron chi connectivity index (χ2n) is 9.48. The number of nitrogens with one attached hydrogen (secondary N) is 1. The molecule has 2 saturated heterocycles. The summed E-state index contributed by atoms with van der Waals surface area (Å²) in [5.41, 5.74) is 0.745. The Bertz CT molecular complexity index is 810. The van der Waals surface area contributed by atoms with Crippen LogP contribution in [-0.2, 0) is 14.4 Å². The molecule has 2 heterocycles. The summed E-state index contributed by atoms with van der Waals surface area (Å²) in [6, 6.07) is 6.83. The number of ether oxygens (including phenoxy) is 1. The topological polar surface area (TPSA) is 95.9 Å². The van der Waals surface area contributed by atoms with Gasteiger partial charge in [-0.15, -0.1) is 0 Å². The monoisotopic (exact) mass is 475 g/mol. The van der Waals surface area contributed by atoms with Gasteiger partial charge in [-0.2, -0.15) is 0 Å². The van der Waals surface area contributed by atoms with Crippen molar-refractivity contribution >= 4 is 17.7 Å². The normalized spacial score (nSPS) is 20.0. The third-order valence-electron chi connectivity index (χ3n) is 7.02. The Morgan fingerprint density at radius 1 is 1.12 bits per heavy atom. The van der Waals surface area contributed by atoms with Crippen molar-refractivity contribution in [1.82, 2.24) is 10.2 Å². The molecule has 0 spiro atoms. The van der Waals surface area contributed by atoms with Crippen molar-refractivity contribution in [3.8, 4) is 5.75 Å². The van der Waals surface area contributed by atoms with E-state index in [0.717, 1.165) is 50.8 Å². The standard InChI is InChI=1S/C26H37FN2O5/c27-11-15-34-23-6-4-20(5-7-23)22(17-26(32)33)16-24(30)21-2-1-14-29(18-21)25(31)8-3-19-9-12-28-13-10-19/h4-7,19,21-22,28H,1-3,8-18H2,(H,32,33)/t21-,22+/m1/s1/i27-1. The number of hydrogen-bond donors (Lipinski definition) is 2. The van der Waals surface area contributed by atoms with E-state index < -0.39 is 18.6 Å². The van der Waals surface area contributed by atoms with Gasteiger partial charge in [0.25, 0.3) is 0 Å². The van der Waals surface area contributed by atoms with E-state index in [0.29, 0.717) is 31.2 Å². The average Bonchev–Trinajstić information content (AvgIpc) is 2.86. The molecule has 1 amide bonds. The first-order valence-electron chi connectivity index (χ1n) is 12.5. The number of rotatable bonds is 12. The van der Waals surface area contributed by atoms with Crippen molar-refractivity contribution in [2.24, 2.45) is 11.8 Å². The van der Waals surface area contributed by atoms with Crippen molar-refractivity contribution in [2.75, 3.05) is 39.5 Å². The van der Waals surface area contributed by atoms with Gasteiger partial charge in [-0.3, -0.25) is 14.4 Å². The lowest BCUT2D eigenvalue weighted by Crippen LogP contribution is -2.42. The number of benzene rings is 1. The largest absolute Gasteiger partial charge is 0.491 e. The number of ketones is 1. The minimum Gasteiger partial charge on any atom is -0.491 e. The molecule has 2 N–H and O–H groups in total. The molecule has 2 atom stereocenters. The Kier molecular flexibility index (Phi) is 10.3. The first-order valence-corrected chi connectivity index (χ1v) is 12.5. The van der Waals surface area contributed by atoms with Gasteiger partial charge in [-0.1, -0.05) is 12.1 Å². The van der Waals surface area contributed by atoms with Gasteiger partial charge >= 0.3 is 5.97 Å². The summed E-state index contributed by atoms with van der Waals surface area (Å²) in [6.07, 6.45) is 5.16. The number of hydrogen-bond acceptors (Lipinski definition) is 5. The van der Waals surface area contributed by atoms with Crippen molar-refractivity contribution in [3.63, 3.8) is 0 Å². The van der Waals surface area contributed by atoms with Crippen LogP contribution in [0, 0.1) is 11.8 Å². The molecule has 2 fully saturated rings. The van der Waals surface area contributed by atoms with Gasteiger partial charge in [0.05, 0.1) is 6.42 Å². The highest BCUT2D eigenvalue weighted by Crippen LogP contribution is 2.30. The maximum atomic E-state index is 13.1. The van der Waals surface area contributed by atoms with Crippen molar-refractivity contribution in [2.45, 2.75) is 57.3 Å². The average molecular weight is 476 g/mol. The number of carbonyl (C=O) groups is 3. The maximum Gasteiger partial charge on any atom is 0.303 e. The minimum absolute atomic E-state index is 0.0138. The summed E-state index contributed by atoms with van der Waals surface area (Å²) in [6.45, 7) is 2.53. The molecule has 0 unspecified atom stereocenters. The lowest BCUT2D eigenvalue weighted by Gasteiger charge is -2.33. The van der Waals surface area contributed by atoms with E-state index in [1.54, 1.807) is 24.3 Å². The van der Waals surface area contributed by atoms with Crippen LogP contribution in [0.25, 0.3) is 0 Å². The molecule has 1 aromatic carbocycles. The Balaban J connectivity index is 1.55. The predicted octanol–water partition coefficient (Wildman–Crippen LogP) is 3.57. The Morgan fingerprint density at radius 2 is 1.85 bits per heavy atom. The van der Waals surface area contributed by atoms with E-state index in [2.05, 4.69) is 5.32 Å². The fourth-order valence-corrected chi connectivity index (χ4v) is 5.04. The summed E-state index contributed by atoms with van der Waals surface area (Å²) in [5.74, 6) is -0.423. The van der Waals surface area contributed by atoms with Gasteiger partial charge in [0, 0.05) is 37.8 Å². The van der Waals surface area contributed by atoms with E-state index in [4.69, 9.17) is 4.74 Å². The Hall–Kier alpha value is -2.48. The number of carboxylic acid groups (broad SMARTS) is 1. The molecule has 0 radical (unpaired) electrons. The number of carboxylic acids is 1. The highest BCUT2D eigenvalue weighted by molar-refractivity contribution is 5.84. The summed E-state index contributed by atoms with van der Waals surface area (Å²) in [4.78, 5) is 39.2. The number of likely N-dealkylation sites (tertiary alicyclic amines) is 1. The number of Topliss-reactive ketones (excluding diaryl/α,β-unsaturated/α-hetero) is 1. The van der Waals surface area contributed by atoms with Crippen LogP contribution in [0.5, 0.6) is 5.75 Å². The highest BCUT2D eigenvalue weighted by Gasteiger charge is 2.30. The van der Waals surface area contributed by atoms with Crippen LogP contribution in [0.2, 0.25) is 0 Å². The fraction of sp³-hybridized carbons (Fsp3) is 0.654. The molecule has 0 saturated carbocycles. The molecule has 2 aliphatic heterocycles. The molecule has 34 heavy (non-hydrogen) atoms. The van der Waals surface area contributed by atoms with Crippen LogP contribution >= 0.6 is 0 Å². The summed E-state index contributed by atoms with van der Waals surface area (Å²) >= 11 is 0. The molecular weight excluding hydrogens is 438 g/mol. The van der Waals surface area contributed by atoms with Gasteiger partial charge < -0.3 is 20.1 Å². The number of carbonyl (C=O) groups excluding carboxylic acids is 2. The van der Waals surface area contributed by atoms with Crippen LogP contribution in [0.15, 0.2) is 24.3 Å². The molecule has 188 valence electrons. The van der Waals surface area contributed by atoms with E-state index in [-0.39, 0.29) is 37.1 Å². The number of nitrogens with zero attached hydrogens (tertiary/aromatic N) is 1. The summed E-state index contributed by atoms with van der Waals surface area (Å²) < 4.78 is 17.5.